The second-order valence-corrected chi connectivity index (χ2v) is 7.96. The van der Waals surface area contributed by atoms with Crippen LogP contribution >= 0.6 is 0 Å². The second-order valence-electron chi connectivity index (χ2n) is 7.96. The summed E-state index contributed by atoms with van der Waals surface area (Å²) < 4.78 is 16.1. The maximum absolute atomic E-state index is 14.1. The largest absolute Gasteiger partial charge is 0.383 e. The molecule has 1 heterocycles. The molecule has 1 atom stereocenters. The van der Waals surface area contributed by atoms with Gasteiger partial charge in [0.05, 0.1) is 5.56 Å². The average molecular weight is 408 g/mol. The molecule has 0 saturated heterocycles. The maximum atomic E-state index is 14.1. The van der Waals surface area contributed by atoms with Gasteiger partial charge in [-0.25, -0.2) is 9.38 Å². The minimum atomic E-state index is -0.227. The first-order chi connectivity index (χ1) is 14.4. The summed E-state index contributed by atoms with van der Waals surface area (Å²) in [5.41, 5.74) is 10.0. The number of hydrogen-bond acceptors (Lipinski definition) is 2. The van der Waals surface area contributed by atoms with E-state index >= 15 is 0 Å². The van der Waals surface area contributed by atoms with Gasteiger partial charge >= 0.3 is 0 Å². The van der Waals surface area contributed by atoms with Crippen molar-refractivity contribution in [1.29, 1.82) is 0 Å². The summed E-state index contributed by atoms with van der Waals surface area (Å²) in [6, 6.07) is 1.62. The Kier molecular flexibility index (Phi) is 6.70. The van der Waals surface area contributed by atoms with Crippen LogP contribution in [-0.4, -0.2) is 10.4 Å². The van der Waals surface area contributed by atoms with Gasteiger partial charge in [0, 0.05) is 36.6 Å². The Balaban J connectivity index is 2.19. The molecule has 0 radical (unpaired) electrons. The van der Waals surface area contributed by atoms with E-state index in [1.54, 1.807) is 18.3 Å². The lowest BCUT2D eigenvalue weighted by Gasteiger charge is -2.25. The van der Waals surface area contributed by atoms with Crippen LogP contribution in [0.15, 0.2) is 76.6 Å². The summed E-state index contributed by atoms with van der Waals surface area (Å²) in [7, 11) is 0. The Bertz CT molecular complexity index is 1030. The number of aliphatic imine (C=N–C) groups is 1. The molecule has 2 aliphatic rings. The molecule has 0 amide bonds. The van der Waals surface area contributed by atoms with Crippen molar-refractivity contribution in [1.82, 2.24) is 4.57 Å². The number of rotatable bonds is 8. The monoisotopic (exact) mass is 407 g/mol. The smallest absolute Gasteiger partial charge is 0.193 e. The minimum Gasteiger partial charge on any atom is -0.383 e. The standard InChI is InChI=1S/C25H30FN3O/c1-5-12-29-15-21(25(27)28-6-2)23(30)14-22(29)17(4)24(16(3)18-10-11-18)19-8-7-9-20(26)13-19/h6-7,9,13-15,18-19H,2-3,5,8,10-12H2,1,4H3,(H2,27,28)/b24-17-. The molecule has 0 bridgehead atoms. The summed E-state index contributed by atoms with van der Waals surface area (Å²) in [5.74, 6) is 0.284. The molecular formula is C25H30FN3O. The van der Waals surface area contributed by atoms with Crippen LogP contribution in [0.3, 0.4) is 0 Å². The van der Waals surface area contributed by atoms with E-state index < -0.39 is 0 Å². The molecule has 30 heavy (non-hydrogen) atoms. The van der Waals surface area contributed by atoms with Crippen LogP contribution in [0.2, 0.25) is 0 Å². The highest BCUT2D eigenvalue weighted by Crippen LogP contribution is 2.45. The summed E-state index contributed by atoms with van der Waals surface area (Å²) in [6.45, 7) is 12.7. The zero-order valence-electron chi connectivity index (χ0n) is 17.8. The molecule has 5 heteroatoms. The predicted molar refractivity (Wildman–Crippen MR) is 123 cm³/mol. The number of amidine groups is 1. The van der Waals surface area contributed by atoms with Crippen LogP contribution in [0, 0.1) is 11.8 Å². The van der Waals surface area contributed by atoms with E-state index in [9.17, 15) is 9.18 Å². The summed E-state index contributed by atoms with van der Waals surface area (Å²) in [4.78, 5) is 16.8. The van der Waals surface area contributed by atoms with Gasteiger partial charge in [0.1, 0.15) is 11.7 Å². The number of hydrogen-bond donors (Lipinski definition) is 1. The number of halogens is 1. The number of pyridine rings is 1. The average Bonchev–Trinajstić information content (AvgIpc) is 3.55. The van der Waals surface area contributed by atoms with E-state index in [2.05, 4.69) is 25.1 Å². The molecule has 4 nitrogen and oxygen atoms in total. The van der Waals surface area contributed by atoms with E-state index in [0.29, 0.717) is 11.5 Å². The Morgan fingerprint density at radius 1 is 1.43 bits per heavy atom. The summed E-state index contributed by atoms with van der Waals surface area (Å²) in [6.07, 6.45) is 12.0. The highest BCUT2D eigenvalue weighted by Gasteiger charge is 2.31. The van der Waals surface area contributed by atoms with E-state index in [0.717, 1.165) is 54.6 Å². The Labute approximate surface area is 177 Å². The van der Waals surface area contributed by atoms with Gasteiger partial charge in [-0.2, -0.15) is 0 Å². The van der Waals surface area contributed by atoms with Gasteiger partial charge in [0.2, 0.25) is 0 Å². The van der Waals surface area contributed by atoms with Gasteiger partial charge in [0.25, 0.3) is 0 Å². The van der Waals surface area contributed by atoms with Gasteiger partial charge < -0.3 is 10.3 Å². The van der Waals surface area contributed by atoms with Gasteiger partial charge in [-0.15, -0.1) is 0 Å². The van der Waals surface area contributed by atoms with Crippen molar-refractivity contribution in [3.63, 3.8) is 0 Å². The van der Waals surface area contributed by atoms with E-state index in [1.165, 1.54) is 12.3 Å². The SMILES string of the molecule is C=CN=C(N)c1cn(CCC)c(/C(C)=C(/C(=C)C2CC2)C2C=C(F)C=CC2)cc1=O. The van der Waals surface area contributed by atoms with Gasteiger partial charge in [0.15, 0.2) is 5.43 Å². The molecule has 1 unspecified atom stereocenters. The van der Waals surface area contributed by atoms with Crippen LogP contribution in [0.4, 0.5) is 4.39 Å². The Hall–Kier alpha value is -2.95. The second kappa shape index (κ2) is 9.24. The number of aryl methyl sites for hydroxylation is 1. The van der Waals surface area contributed by atoms with Crippen molar-refractivity contribution >= 4 is 11.4 Å². The highest BCUT2D eigenvalue weighted by molar-refractivity contribution is 5.97. The number of allylic oxidation sites excluding steroid dienone is 7. The lowest BCUT2D eigenvalue weighted by atomic mass is 9.82. The van der Waals surface area contributed by atoms with Gasteiger partial charge in [-0.3, -0.25) is 4.79 Å². The van der Waals surface area contributed by atoms with Crippen LogP contribution in [0.25, 0.3) is 5.57 Å². The number of aromatic nitrogens is 1. The Morgan fingerprint density at radius 2 is 2.17 bits per heavy atom. The molecule has 1 fully saturated rings. The molecule has 0 aromatic carbocycles. The Morgan fingerprint density at radius 3 is 2.77 bits per heavy atom. The van der Waals surface area contributed by atoms with Crippen LogP contribution < -0.4 is 11.2 Å². The van der Waals surface area contributed by atoms with Crippen molar-refractivity contribution in [2.45, 2.75) is 46.1 Å². The van der Waals surface area contributed by atoms with Crippen LogP contribution in [0.5, 0.6) is 0 Å². The number of nitrogens with two attached hydrogens (primary N) is 1. The third-order valence-corrected chi connectivity index (χ3v) is 5.70. The molecule has 1 aromatic rings. The minimum absolute atomic E-state index is 0.0830. The lowest BCUT2D eigenvalue weighted by Crippen LogP contribution is -2.25. The first-order valence-corrected chi connectivity index (χ1v) is 10.5. The lowest BCUT2D eigenvalue weighted by molar-refractivity contribution is 0.624. The normalized spacial score (nSPS) is 19.9. The topological polar surface area (TPSA) is 60.4 Å². The summed E-state index contributed by atoms with van der Waals surface area (Å²) in [5, 5.41) is 0. The molecule has 0 spiro atoms. The van der Waals surface area contributed by atoms with Crippen molar-refractivity contribution < 1.29 is 4.39 Å². The molecule has 1 saturated carbocycles. The molecule has 2 N–H and O–H groups in total. The van der Waals surface area contributed by atoms with E-state index in [-0.39, 0.29) is 23.0 Å². The zero-order valence-corrected chi connectivity index (χ0v) is 17.8. The van der Waals surface area contributed by atoms with Crippen molar-refractivity contribution in [3.8, 4) is 0 Å². The van der Waals surface area contributed by atoms with Crippen LogP contribution in [-0.2, 0) is 6.54 Å². The van der Waals surface area contributed by atoms with Crippen molar-refractivity contribution in [2.24, 2.45) is 22.6 Å². The molecule has 3 rings (SSSR count). The quantitative estimate of drug-likeness (QED) is 0.362. The van der Waals surface area contributed by atoms with E-state index in [1.807, 2.05) is 17.6 Å². The third-order valence-electron chi connectivity index (χ3n) is 5.70. The molecule has 2 aliphatic carbocycles. The highest BCUT2D eigenvalue weighted by atomic mass is 19.1. The first kappa shape index (κ1) is 21.8. The predicted octanol–water partition coefficient (Wildman–Crippen LogP) is 5.28. The van der Waals surface area contributed by atoms with Gasteiger partial charge in [-0.05, 0) is 67.4 Å². The first-order valence-electron chi connectivity index (χ1n) is 10.5. The zero-order chi connectivity index (χ0) is 21.8. The molecular weight excluding hydrogens is 377 g/mol. The fourth-order valence-corrected chi connectivity index (χ4v) is 4.07. The van der Waals surface area contributed by atoms with Crippen LogP contribution in [0.1, 0.15) is 50.8 Å². The fourth-order valence-electron chi connectivity index (χ4n) is 4.07. The van der Waals surface area contributed by atoms with Crippen molar-refractivity contribution in [3.05, 3.63) is 88.3 Å². The maximum Gasteiger partial charge on any atom is 0.193 e. The fraction of sp³-hybridized carbons (Fsp3) is 0.360. The summed E-state index contributed by atoms with van der Waals surface area (Å²) >= 11 is 0. The molecule has 0 aliphatic heterocycles. The third kappa shape index (κ3) is 4.61. The molecule has 1 aromatic heterocycles. The number of nitrogens with zero attached hydrogens (tertiary/aromatic N) is 2. The van der Waals surface area contributed by atoms with E-state index in [4.69, 9.17) is 5.73 Å². The van der Waals surface area contributed by atoms with Gasteiger partial charge in [-0.1, -0.05) is 26.2 Å². The van der Waals surface area contributed by atoms with Crippen molar-refractivity contribution in [2.75, 3.05) is 0 Å². The molecule has 158 valence electrons.